The monoisotopic (exact) mass is 445 g/mol. The van der Waals surface area contributed by atoms with E-state index in [0.717, 1.165) is 55.0 Å². The van der Waals surface area contributed by atoms with Crippen LogP contribution < -0.4 is 21.9 Å². The van der Waals surface area contributed by atoms with E-state index in [1.807, 2.05) is 24.3 Å². The lowest BCUT2D eigenvalue weighted by molar-refractivity contribution is 0.492. The predicted molar refractivity (Wildman–Crippen MR) is 134 cm³/mol. The molecule has 8 heteroatoms. The van der Waals surface area contributed by atoms with Gasteiger partial charge in [-0.1, -0.05) is 43.2 Å². The SMILES string of the molecule is Nc1nc2c(CCNCC3CCCC3)c3nc(NCCc4ccccc4)[nH]c3cc2c(=O)[nH]1. The smallest absolute Gasteiger partial charge is 0.260 e. The zero-order valence-corrected chi connectivity index (χ0v) is 18.8. The molecule has 0 saturated heterocycles. The summed E-state index contributed by atoms with van der Waals surface area (Å²) < 4.78 is 0. The van der Waals surface area contributed by atoms with E-state index in [1.165, 1.54) is 31.2 Å². The molecular formula is C25H31N7O. The second-order valence-corrected chi connectivity index (χ2v) is 8.95. The average Bonchev–Trinajstić information content (AvgIpc) is 3.47. The van der Waals surface area contributed by atoms with Crippen molar-refractivity contribution in [1.29, 1.82) is 0 Å². The van der Waals surface area contributed by atoms with Gasteiger partial charge in [-0.05, 0) is 56.3 Å². The van der Waals surface area contributed by atoms with E-state index in [0.29, 0.717) is 16.9 Å². The first-order chi connectivity index (χ1) is 16.2. The Kier molecular flexibility index (Phi) is 6.26. The van der Waals surface area contributed by atoms with E-state index in [1.54, 1.807) is 0 Å². The minimum absolute atomic E-state index is 0.128. The van der Waals surface area contributed by atoms with Crippen LogP contribution in [-0.2, 0) is 12.8 Å². The number of fused-ring (bicyclic) bond motifs is 2. The van der Waals surface area contributed by atoms with Crippen LogP contribution >= 0.6 is 0 Å². The molecule has 5 rings (SSSR count). The Bertz CT molecular complexity index is 1290. The zero-order chi connectivity index (χ0) is 22.6. The van der Waals surface area contributed by atoms with Crippen molar-refractivity contribution in [3.63, 3.8) is 0 Å². The van der Waals surface area contributed by atoms with E-state index < -0.39 is 0 Å². The molecule has 0 amide bonds. The predicted octanol–water partition coefficient (Wildman–Crippen LogP) is 3.36. The Hall–Kier alpha value is -3.39. The number of nitrogens with zero attached hydrogens (tertiary/aromatic N) is 2. The normalized spacial score (nSPS) is 14.4. The first kappa shape index (κ1) is 21.5. The summed E-state index contributed by atoms with van der Waals surface area (Å²) in [5.74, 6) is 1.60. The van der Waals surface area contributed by atoms with Gasteiger partial charge in [0, 0.05) is 12.1 Å². The summed E-state index contributed by atoms with van der Waals surface area (Å²) in [6, 6.07) is 12.2. The summed E-state index contributed by atoms with van der Waals surface area (Å²) in [4.78, 5) is 27.8. The van der Waals surface area contributed by atoms with Crippen molar-refractivity contribution in [2.75, 3.05) is 30.7 Å². The zero-order valence-electron chi connectivity index (χ0n) is 18.8. The number of hydrogen-bond donors (Lipinski definition) is 5. The van der Waals surface area contributed by atoms with Crippen LogP contribution in [0.25, 0.3) is 21.9 Å². The molecule has 0 atom stereocenters. The van der Waals surface area contributed by atoms with Crippen LogP contribution in [0.15, 0.2) is 41.2 Å². The van der Waals surface area contributed by atoms with Gasteiger partial charge in [-0.3, -0.25) is 9.78 Å². The van der Waals surface area contributed by atoms with Crippen molar-refractivity contribution < 1.29 is 0 Å². The van der Waals surface area contributed by atoms with Crippen LogP contribution in [0.5, 0.6) is 0 Å². The fourth-order valence-electron chi connectivity index (χ4n) is 4.87. The number of aromatic amines is 2. The van der Waals surface area contributed by atoms with E-state index in [9.17, 15) is 4.79 Å². The molecule has 6 N–H and O–H groups in total. The second kappa shape index (κ2) is 9.62. The lowest BCUT2D eigenvalue weighted by Crippen LogP contribution is -2.24. The molecule has 33 heavy (non-hydrogen) atoms. The van der Waals surface area contributed by atoms with Crippen LogP contribution in [-0.4, -0.2) is 39.6 Å². The van der Waals surface area contributed by atoms with Crippen LogP contribution in [0.3, 0.4) is 0 Å². The van der Waals surface area contributed by atoms with Gasteiger partial charge in [-0.15, -0.1) is 0 Å². The third-order valence-corrected chi connectivity index (χ3v) is 6.57. The highest BCUT2D eigenvalue weighted by Gasteiger charge is 2.17. The van der Waals surface area contributed by atoms with Crippen molar-refractivity contribution in [2.24, 2.45) is 5.92 Å². The molecule has 1 fully saturated rings. The van der Waals surface area contributed by atoms with Gasteiger partial charge in [0.2, 0.25) is 11.9 Å². The topological polar surface area (TPSA) is 125 Å². The van der Waals surface area contributed by atoms with Crippen LogP contribution in [0.1, 0.15) is 36.8 Å². The van der Waals surface area contributed by atoms with Gasteiger partial charge in [-0.25, -0.2) is 9.97 Å². The molecule has 0 spiro atoms. The van der Waals surface area contributed by atoms with Crippen molar-refractivity contribution in [2.45, 2.75) is 38.5 Å². The van der Waals surface area contributed by atoms with Gasteiger partial charge in [0.05, 0.1) is 21.9 Å². The van der Waals surface area contributed by atoms with Gasteiger partial charge in [0.25, 0.3) is 5.56 Å². The van der Waals surface area contributed by atoms with Crippen molar-refractivity contribution in [3.05, 3.63) is 57.9 Å². The number of nitrogens with one attached hydrogen (secondary N) is 4. The van der Waals surface area contributed by atoms with Crippen LogP contribution in [0.2, 0.25) is 0 Å². The molecule has 0 aliphatic heterocycles. The number of nitrogen functional groups attached to an aromatic ring is 1. The molecule has 0 radical (unpaired) electrons. The number of H-pyrrole nitrogens is 2. The van der Waals surface area contributed by atoms with Crippen molar-refractivity contribution >= 4 is 33.8 Å². The van der Waals surface area contributed by atoms with Gasteiger partial charge in [0.15, 0.2) is 0 Å². The third-order valence-electron chi connectivity index (χ3n) is 6.57. The second-order valence-electron chi connectivity index (χ2n) is 8.95. The fourth-order valence-corrected chi connectivity index (χ4v) is 4.87. The van der Waals surface area contributed by atoms with E-state index in [2.05, 4.69) is 37.7 Å². The van der Waals surface area contributed by atoms with Crippen LogP contribution in [0, 0.1) is 5.92 Å². The van der Waals surface area contributed by atoms with E-state index in [-0.39, 0.29) is 11.5 Å². The molecular weight excluding hydrogens is 414 g/mol. The Balaban J connectivity index is 1.39. The highest BCUT2D eigenvalue weighted by molar-refractivity contribution is 5.98. The fraction of sp³-hybridized carbons (Fsp3) is 0.400. The molecule has 2 aromatic carbocycles. The minimum atomic E-state index is -0.229. The third kappa shape index (κ3) is 4.85. The number of hydrogen-bond acceptors (Lipinski definition) is 6. The number of rotatable bonds is 9. The first-order valence-corrected chi connectivity index (χ1v) is 11.9. The molecule has 0 unspecified atom stereocenters. The standard InChI is InChI=1S/C25H31N7O/c26-24-30-21-18(11-12-27-15-17-8-4-5-9-17)22-20(14-19(21)23(33)32-24)29-25(31-22)28-13-10-16-6-2-1-3-7-16/h1-3,6-7,14,17,27H,4-5,8-13,15H2,(H2,28,29,31)(H3,26,30,32,33). The highest BCUT2D eigenvalue weighted by atomic mass is 16.1. The number of aromatic nitrogens is 4. The maximum absolute atomic E-state index is 12.6. The maximum Gasteiger partial charge on any atom is 0.260 e. The lowest BCUT2D eigenvalue weighted by Gasteiger charge is -2.11. The van der Waals surface area contributed by atoms with E-state index >= 15 is 0 Å². The largest absolute Gasteiger partial charge is 0.369 e. The summed E-state index contributed by atoms with van der Waals surface area (Å²) in [6.45, 7) is 2.60. The summed E-state index contributed by atoms with van der Waals surface area (Å²) >= 11 is 0. The Morgan fingerprint density at radius 3 is 2.64 bits per heavy atom. The van der Waals surface area contributed by atoms with Gasteiger partial charge in [0.1, 0.15) is 0 Å². The summed E-state index contributed by atoms with van der Waals surface area (Å²) in [7, 11) is 0. The van der Waals surface area contributed by atoms with Crippen molar-refractivity contribution in [3.8, 4) is 0 Å². The Morgan fingerprint density at radius 2 is 1.82 bits per heavy atom. The number of nitrogens with two attached hydrogens (primary N) is 1. The number of imidazole rings is 1. The highest BCUT2D eigenvalue weighted by Crippen LogP contribution is 2.27. The first-order valence-electron chi connectivity index (χ1n) is 11.9. The summed E-state index contributed by atoms with van der Waals surface area (Å²) in [5, 5.41) is 7.51. The molecule has 1 aliphatic carbocycles. The molecule has 0 bridgehead atoms. The quantitative estimate of drug-likeness (QED) is 0.252. The molecule has 172 valence electrons. The van der Waals surface area contributed by atoms with E-state index in [4.69, 9.17) is 10.7 Å². The molecule has 4 aromatic rings. The Morgan fingerprint density at radius 1 is 1.00 bits per heavy atom. The van der Waals surface area contributed by atoms with Crippen molar-refractivity contribution in [1.82, 2.24) is 25.3 Å². The molecule has 1 aliphatic rings. The molecule has 2 aromatic heterocycles. The molecule has 8 nitrogen and oxygen atoms in total. The van der Waals surface area contributed by atoms with Gasteiger partial charge >= 0.3 is 0 Å². The number of anilines is 2. The minimum Gasteiger partial charge on any atom is -0.369 e. The maximum atomic E-state index is 12.6. The average molecular weight is 446 g/mol. The molecule has 1 saturated carbocycles. The number of benzene rings is 2. The van der Waals surface area contributed by atoms with Gasteiger partial charge < -0.3 is 21.4 Å². The Labute approximate surface area is 192 Å². The van der Waals surface area contributed by atoms with Crippen LogP contribution in [0.4, 0.5) is 11.9 Å². The van der Waals surface area contributed by atoms with Gasteiger partial charge in [-0.2, -0.15) is 0 Å². The molecule has 2 heterocycles. The lowest BCUT2D eigenvalue weighted by atomic mass is 10.0. The summed E-state index contributed by atoms with van der Waals surface area (Å²) in [6.07, 6.45) is 6.94. The summed E-state index contributed by atoms with van der Waals surface area (Å²) in [5.41, 5.74) is 10.2.